The van der Waals surface area contributed by atoms with Gasteiger partial charge < -0.3 is 10.1 Å². The fraction of sp³-hybridized carbons (Fsp3) is 0.217. The van der Waals surface area contributed by atoms with Gasteiger partial charge in [-0.25, -0.2) is 4.79 Å². The van der Waals surface area contributed by atoms with E-state index < -0.39 is 18.5 Å². The van der Waals surface area contributed by atoms with Crippen LogP contribution in [0.3, 0.4) is 0 Å². The van der Waals surface area contributed by atoms with Gasteiger partial charge in [0.15, 0.2) is 6.61 Å². The third kappa shape index (κ3) is 4.36. The second kappa shape index (κ2) is 8.73. The van der Waals surface area contributed by atoms with Crippen molar-refractivity contribution in [2.75, 3.05) is 16.8 Å². The van der Waals surface area contributed by atoms with E-state index in [1.807, 2.05) is 12.2 Å². The number of carbonyl (C=O) groups excluding carboxylic acids is 4. The molecule has 158 valence electrons. The van der Waals surface area contributed by atoms with Crippen LogP contribution in [0, 0.1) is 11.8 Å². The summed E-state index contributed by atoms with van der Waals surface area (Å²) in [5.41, 5.74) is 0.990. The minimum absolute atomic E-state index is 0.144. The van der Waals surface area contributed by atoms with Gasteiger partial charge in [-0.2, -0.15) is 0 Å². The first kappa shape index (κ1) is 20.8. The Labute approximate surface area is 183 Å². The van der Waals surface area contributed by atoms with Crippen LogP contribution in [0.15, 0.2) is 60.7 Å². The molecule has 0 radical (unpaired) electrons. The van der Waals surface area contributed by atoms with E-state index in [1.165, 1.54) is 12.1 Å². The molecule has 2 aliphatic rings. The van der Waals surface area contributed by atoms with Crippen LogP contribution < -0.4 is 10.2 Å². The number of rotatable bonds is 5. The van der Waals surface area contributed by atoms with E-state index in [1.54, 1.807) is 36.4 Å². The lowest BCUT2D eigenvalue weighted by Crippen LogP contribution is -2.31. The van der Waals surface area contributed by atoms with E-state index in [0.29, 0.717) is 29.2 Å². The number of benzene rings is 2. The molecular weight excluding hydrogens is 420 g/mol. The molecule has 8 heteroatoms. The number of nitrogens with one attached hydrogen (secondary N) is 1. The number of imide groups is 1. The quantitative estimate of drug-likeness (QED) is 0.437. The maximum absolute atomic E-state index is 12.7. The van der Waals surface area contributed by atoms with Gasteiger partial charge in [0, 0.05) is 10.7 Å². The third-order valence-corrected chi connectivity index (χ3v) is 5.56. The van der Waals surface area contributed by atoms with E-state index in [2.05, 4.69) is 5.32 Å². The Morgan fingerprint density at radius 1 is 1.00 bits per heavy atom. The Bertz CT molecular complexity index is 1050. The summed E-state index contributed by atoms with van der Waals surface area (Å²) >= 11 is 5.80. The van der Waals surface area contributed by atoms with Crippen LogP contribution in [0.25, 0.3) is 0 Å². The smallest absolute Gasteiger partial charge is 0.338 e. The number of hydrogen-bond acceptors (Lipinski definition) is 5. The molecule has 0 saturated carbocycles. The molecule has 7 nitrogen and oxygen atoms in total. The molecule has 0 spiro atoms. The number of fused-ring (bicyclic) bond motifs is 1. The molecule has 0 bridgehead atoms. The molecule has 4 rings (SSSR count). The van der Waals surface area contributed by atoms with Crippen molar-refractivity contribution in [2.24, 2.45) is 11.8 Å². The maximum atomic E-state index is 12.7. The number of hydrogen-bond donors (Lipinski definition) is 1. The normalized spacial score (nSPS) is 19.8. The number of nitrogens with zero attached hydrogens (tertiary/aromatic N) is 1. The lowest BCUT2D eigenvalue weighted by molar-refractivity contribution is -0.122. The fourth-order valence-corrected chi connectivity index (χ4v) is 3.90. The van der Waals surface area contributed by atoms with Crippen LogP contribution >= 0.6 is 11.6 Å². The van der Waals surface area contributed by atoms with Crippen molar-refractivity contribution < 1.29 is 23.9 Å². The minimum atomic E-state index is -0.730. The predicted molar refractivity (Wildman–Crippen MR) is 115 cm³/mol. The molecule has 31 heavy (non-hydrogen) atoms. The van der Waals surface area contributed by atoms with Gasteiger partial charge in [-0.15, -0.1) is 0 Å². The molecule has 3 amide bonds. The molecule has 1 saturated heterocycles. The van der Waals surface area contributed by atoms with Crippen LogP contribution in [-0.4, -0.2) is 30.3 Å². The highest BCUT2D eigenvalue weighted by molar-refractivity contribution is 6.30. The van der Waals surface area contributed by atoms with Crippen LogP contribution in [0.1, 0.15) is 23.2 Å². The van der Waals surface area contributed by atoms with Crippen LogP contribution in [0.2, 0.25) is 5.02 Å². The molecule has 2 atom stereocenters. The molecule has 1 heterocycles. The Hall–Kier alpha value is -3.45. The summed E-state index contributed by atoms with van der Waals surface area (Å²) in [4.78, 5) is 51.0. The number of allylic oxidation sites excluding steroid dienone is 2. The van der Waals surface area contributed by atoms with Crippen molar-refractivity contribution in [1.29, 1.82) is 0 Å². The molecule has 2 aromatic carbocycles. The number of amides is 3. The molecule has 2 aromatic rings. The predicted octanol–water partition coefficient (Wildman–Crippen LogP) is 3.59. The minimum Gasteiger partial charge on any atom is -0.452 e. The highest BCUT2D eigenvalue weighted by Gasteiger charge is 2.47. The van der Waals surface area contributed by atoms with Gasteiger partial charge in [-0.1, -0.05) is 29.8 Å². The average Bonchev–Trinajstić information content (AvgIpc) is 3.04. The van der Waals surface area contributed by atoms with Crippen molar-refractivity contribution in [3.8, 4) is 0 Å². The van der Waals surface area contributed by atoms with E-state index in [0.717, 1.165) is 4.90 Å². The van der Waals surface area contributed by atoms with Gasteiger partial charge in [-0.3, -0.25) is 19.3 Å². The summed E-state index contributed by atoms with van der Waals surface area (Å²) in [5, 5.41) is 3.13. The van der Waals surface area contributed by atoms with Gasteiger partial charge >= 0.3 is 5.97 Å². The van der Waals surface area contributed by atoms with E-state index in [9.17, 15) is 19.2 Å². The first-order valence-electron chi connectivity index (χ1n) is 9.79. The molecule has 1 aliphatic heterocycles. The Morgan fingerprint density at radius 3 is 2.29 bits per heavy atom. The van der Waals surface area contributed by atoms with Crippen LogP contribution in [0.5, 0.6) is 0 Å². The zero-order chi connectivity index (χ0) is 22.0. The van der Waals surface area contributed by atoms with Crippen LogP contribution in [-0.2, 0) is 19.1 Å². The summed E-state index contributed by atoms with van der Waals surface area (Å²) in [5.74, 6) is -2.46. The second-order valence-electron chi connectivity index (χ2n) is 7.35. The second-order valence-corrected chi connectivity index (χ2v) is 7.79. The Morgan fingerprint density at radius 2 is 1.65 bits per heavy atom. The van der Waals surface area contributed by atoms with E-state index in [-0.39, 0.29) is 29.2 Å². The zero-order valence-electron chi connectivity index (χ0n) is 16.4. The van der Waals surface area contributed by atoms with Crippen molar-refractivity contribution in [3.63, 3.8) is 0 Å². The van der Waals surface area contributed by atoms with E-state index in [4.69, 9.17) is 16.3 Å². The van der Waals surface area contributed by atoms with Crippen molar-refractivity contribution in [1.82, 2.24) is 0 Å². The average molecular weight is 439 g/mol. The highest BCUT2D eigenvalue weighted by atomic mass is 35.5. The van der Waals surface area contributed by atoms with Gasteiger partial charge in [0.05, 0.1) is 23.1 Å². The Balaban J connectivity index is 1.40. The number of ether oxygens (including phenoxy) is 1. The summed E-state index contributed by atoms with van der Waals surface area (Å²) in [6, 6.07) is 12.6. The van der Waals surface area contributed by atoms with Crippen molar-refractivity contribution in [3.05, 3.63) is 71.3 Å². The highest BCUT2D eigenvalue weighted by Crippen LogP contribution is 2.37. The molecule has 0 aromatic heterocycles. The molecule has 1 aliphatic carbocycles. The largest absolute Gasteiger partial charge is 0.452 e. The standard InChI is InChI=1S/C23H19ClN2O5/c24-15-8-10-16(11-9-15)25-20(27)13-31-23(30)14-4-3-5-17(12-14)26-21(28)18-6-1-2-7-19(18)22(26)29/h1-5,8-12,18-19H,6-7,13H2,(H,25,27)/t18-,19-/m0/s1. The van der Waals surface area contributed by atoms with E-state index >= 15 is 0 Å². The van der Waals surface area contributed by atoms with Crippen molar-refractivity contribution >= 4 is 46.7 Å². The first-order valence-corrected chi connectivity index (χ1v) is 10.2. The summed E-state index contributed by atoms with van der Waals surface area (Å²) in [7, 11) is 0. The zero-order valence-corrected chi connectivity index (χ0v) is 17.2. The summed E-state index contributed by atoms with van der Waals surface area (Å²) in [6.07, 6.45) is 4.91. The van der Waals surface area contributed by atoms with Gasteiger partial charge in [0.1, 0.15) is 0 Å². The number of anilines is 2. The Kier molecular flexibility index (Phi) is 5.86. The summed E-state index contributed by atoms with van der Waals surface area (Å²) in [6.45, 7) is -0.483. The topological polar surface area (TPSA) is 92.8 Å². The molecule has 0 unspecified atom stereocenters. The first-order chi connectivity index (χ1) is 14.9. The number of carbonyl (C=O) groups is 4. The van der Waals surface area contributed by atoms with Crippen LogP contribution in [0.4, 0.5) is 11.4 Å². The van der Waals surface area contributed by atoms with Crippen molar-refractivity contribution in [2.45, 2.75) is 12.8 Å². The van der Waals surface area contributed by atoms with Gasteiger partial charge in [0.2, 0.25) is 11.8 Å². The van der Waals surface area contributed by atoms with Gasteiger partial charge in [0.25, 0.3) is 5.91 Å². The maximum Gasteiger partial charge on any atom is 0.338 e. The lowest BCUT2D eigenvalue weighted by atomic mass is 9.85. The number of esters is 1. The fourth-order valence-electron chi connectivity index (χ4n) is 3.77. The SMILES string of the molecule is O=C(COC(=O)c1cccc(N2C(=O)[C@H]3CC=CC[C@@H]3C2=O)c1)Nc1ccc(Cl)cc1. The molecular formula is C23H19ClN2O5. The monoisotopic (exact) mass is 438 g/mol. The number of halogens is 1. The lowest BCUT2D eigenvalue weighted by Gasteiger charge is -2.15. The van der Waals surface area contributed by atoms with Gasteiger partial charge in [-0.05, 0) is 55.3 Å². The summed E-state index contributed by atoms with van der Waals surface area (Å²) < 4.78 is 5.08. The molecule has 1 fully saturated rings. The molecule has 1 N–H and O–H groups in total. The third-order valence-electron chi connectivity index (χ3n) is 5.31.